The third-order valence-corrected chi connectivity index (χ3v) is 5.47. The summed E-state index contributed by atoms with van der Waals surface area (Å²) >= 11 is 5.78. The molecule has 1 aromatic carbocycles. The summed E-state index contributed by atoms with van der Waals surface area (Å²) in [4.78, 5) is 0. The minimum absolute atomic E-state index is 0.433. The summed E-state index contributed by atoms with van der Waals surface area (Å²) in [5.74, 6) is 1.92. The molecule has 23 heavy (non-hydrogen) atoms. The molecule has 0 bridgehead atoms. The number of rotatable bonds is 5. The second-order valence-corrected chi connectivity index (χ2v) is 7.16. The van der Waals surface area contributed by atoms with Crippen LogP contribution in [0, 0.1) is 11.8 Å². The molecule has 1 aliphatic rings. The fraction of sp³-hybridized carbons (Fsp3) is 0.500. The highest BCUT2D eigenvalue weighted by Crippen LogP contribution is 2.33. The Morgan fingerprint density at radius 2 is 1.61 bits per heavy atom. The molecule has 2 aromatic rings. The first-order valence-electron chi connectivity index (χ1n) is 8.83. The van der Waals surface area contributed by atoms with E-state index in [1.807, 2.05) is 6.07 Å². The molecule has 0 radical (unpaired) electrons. The molecule has 0 N–H and O–H groups in total. The average molecular weight is 329 g/mol. The van der Waals surface area contributed by atoms with Gasteiger partial charge < -0.3 is 0 Å². The largest absolute Gasteiger partial charge is 0.151 e. The number of aryl methyl sites for hydroxylation is 1. The molecular weight excluding hydrogens is 304 g/mol. The molecule has 0 aliphatic heterocycles. The normalized spacial score (nSPS) is 21.3. The van der Waals surface area contributed by atoms with Crippen molar-refractivity contribution in [3.05, 3.63) is 47.1 Å². The van der Waals surface area contributed by atoms with Crippen LogP contribution < -0.4 is 0 Å². The van der Waals surface area contributed by atoms with E-state index in [1.54, 1.807) is 6.07 Å². The Hall–Kier alpha value is -1.41. The maximum absolute atomic E-state index is 5.78. The van der Waals surface area contributed by atoms with Crippen LogP contribution in [0.3, 0.4) is 0 Å². The smallest absolute Gasteiger partial charge is 0.149 e. The van der Waals surface area contributed by atoms with E-state index in [0.29, 0.717) is 5.15 Å². The van der Waals surface area contributed by atoms with Crippen LogP contribution in [0.15, 0.2) is 36.4 Å². The molecule has 1 aliphatic carbocycles. The Bertz CT molecular complexity index is 599. The highest BCUT2D eigenvalue weighted by atomic mass is 35.5. The van der Waals surface area contributed by atoms with Gasteiger partial charge in [0, 0.05) is 5.56 Å². The molecule has 1 fully saturated rings. The monoisotopic (exact) mass is 328 g/mol. The predicted octanol–water partition coefficient (Wildman–Crippen LogP) is 5.95. The lowest BCUT2D eigenvalue weighted by Gasteiger charge is -2.27. The predicted molar refractivity (Wildman–Crippen MR) is 96.5 cm³/mol. The lowest BCUT2D eigenvalue weighted by atomic mass is 9.78. The minimum atomic E-state index is 0.433. The van der Waals surface area contributed by atoms with Crippen molar-refractivity contribution in [2.45, 2.75) is 51.9 Å². The first kappa shape index (κ1) is 16.4. The van der Waals surface area contributed by atoms with E-state index in [-0.39, 0.29) is 0 Å². The quantitative estimate of drug-likeness (QED) is 0.678. The van der Waals surface area contributed by atoms with Gasteiger partial charge >= 0.3 is 0 Å². The Morgan fingerprint density at radius 3 is 2.22 bits per heavy atom. The Morgan fingerprint density at radius 1 is 0.913 bits per heavy atom. The fourth-order valence-corrected chi connectivity index (χ4v) is 3.71. The van der Waals surface area contributed by atoms with Gasteiger partial charge in [-0.1, -0.05) is 74.9 Å². The number of benzene rings is 1. The standard InChI is InChI=1S/C20H25ClN2/c1-2-15-3-5-16(6-4-15)7-8-17-9-11-18(12-10-17)19-13-14-20(21)23-22-19/h9-16H,2-8H2,1H3/t15-,16-. The number of nitrogens with zero attached hydrogens (tertiary/aromatic N) is 2. The van der Waals surface area contributed by atoms with Crippen LogP contribution in [0.25, 0.3) is 11.3 Å². The van der Waals surface area contributed by atoms with Crippen molar-refractivity contribution in [2.24, 2.45) is 11.8 Å². The van der Waals surface area contributed by atoms with Gasteiger partial charge in [0.2, 0.25) is 0 Å². The van der Waals surface area contributed by atoms with Crippen LogP contribution in [0.1, 0.15) is 51.0 Å². The number of halogens is 1. The summed E-state index contributed by atoms with van der Waals surface area (Å²) in [6.45, 7) is 2.33. The van der Waals surface area contributed by atoms with Crippen molar-refractivity contribution in [2.75, 3.05) is 0 Å². The van der Waals surface area contributed by atoms with Crippen LogP contribution in [0.4, 0.5) is 0 Å². The van der Waals surface area contributed by atoms with Gasteiger partial charge in [0.25, 0.3) is 0 Å². The number of hydrogen-bond donors (Lipinski definition) is 0. The van der Waals surface area contributed by atoms with Crippen molar-refractivity contribution in [1.82, 2.24) is 10.2 Å². The van der Waals surface area contributed by atoms with Gasteiger partial charge in [-0.05, 0) is 42.4 Å². The fourth-order valence-electron chi connectivity index (χ4n) is 3.61. The van der Waals surface area contributed by atoms with Crippen molar-refractivity contribution in [3.63, 3.8) is 0 Å². The summed E-state index contributed by atoms with van der Waals surface area (Å²) in [6, 6.07) is 12.4. The maximum Gasteiger partial charge on any atom is 0.151 e. The zero-order valence-electron chi connectivity index (χ0n) is 13.8. The molecular formula is C20H25ClN2. The summed E-state index contributed by atoms with van der Waals surface area (Å²) in [5.41, 5.74) is 3.40. The summed E-state index contributed by atoms with van der Waals surface area (Å²) < 4.78 is 0. The van der Waals surface area contributed by atoms with Crippen molar-refractivity contribution >= 4 is 11.6 Å². The van der Waals surface area contributed by atoms with Gasteiger partial charge in [-0.15, -0.1) is 10.2 Å². The highest BCUT2D eigenvalue weighted by Gasteiger charge is 2.19. The van der Waals surface area contributed by atoms with E-state index in [0.717, 1.165) is 23.1 Å². The van der Waals surface area contributed by atoms with Gasteiger partial charge in [0.1, 0.15) is 0 Å². The molecule has 0 saturated heterocycles. The van der Waals surface area contributed by atoms with Gasteiger partial charge in [-0.2, -0.15) is 0 Å². The summed E-state index contributed by atoms with van der Waals surface area (Å²) in [5, 5.41) is 8.47. The van der Waals surface area contributed by atoms with Gasteiger partial charge in [0.15, 0.2) is 5.15 Å². The van der Waals surface area contributed by atoms with Gasteiger partial charge in [-0.25, -0.2) is 0 Å². The van der Waals surface area contributed by atoms with Gasteiger partial charge in [-0.3, -0.25) is 0 Å². The van der Waals surface area contributed by atoms with Gasteiger partial charge in [0.05, 0.1) is 5.69 Å². The second-order valence-electron chi connectivity index (χ2n) is 6.77. The van der Waals surface area contributed by atoms with E-state index in [2.05, 4.69) is 41.4 Å². The molecule has 0 unspecified atom stereocenters. The van der Waals surface area contributed by atoms with Crippen LogP contribution in [0.5, 0.6) is 0 Å². The minimum Gasteiger partial charge on any atom is -0.149 e. The average Bonchev–Trinajstić information content (AvgIpc) is 2.61. The van der Waals surface area contributed by atoms with Crippen LogP contribution in [0.2, 0.25) is 5.15 Å². The molecule has 3 heteroatoms. The molecule has 3 rings (SSSR count). The molecule has 2 nitrogen and oxygen atoms in total. The molecule has 1 saturated carbocycles. The number of aromatic nitrogens is 2. The molecule has 1 aromatic heterocycles. The third-order valence-electron chi connectivity index (χ3n) is 5.27. The summed E-state index contributed by atoms with van der Waals surface area (Å²) in [6.07, 6.45) is 9.62. The van der Waals surface area contributed by atoms with Crippen LogP contribution >= 0.6 is 11.6 Å². The van der Waals surface area contributed by atoms with Crippen molar-refractivity contribution in [3.8, 4) is 11.3 Å². The van der Waals surface area contributed by atoms with E-state index >= 15 is 0 Å². The molecule has 1 heterocycles. The number of hydrogen-bond acceptors (Lipinski definition) is 2. The zero-order chi connectivity index (χ0) is 16.1. The van der Waals surface area contributed by atoms with Crippen LogP contribution in [-0.2, 0) is 6.42 Å². The maximum atomic E-state index is 5.78. The lowest BCUT2D eigenvalue weighted by Crippen LogP contribution is -2.14. The first-order chi connectivity index (χ1) is 11.2. The molecule has 0 atom stereocenters. The molecule has 0 spiro atoms. The van der Waals surface area contributed by atoms with E-state index in [1.165, 1.54) is 50.5 Å². The summed E-state index contributed by atoms with van der Waals surface area (Å²) in [7, 11) is 0. The SMILES string of the molecule is CC[C@H]1CC[C@H](CCc2ccc(-c3ccc(Cl)nn3)cc2)CC1. The van der Waals surface area contributed by atoms with Crippen molar-refractivity contribution < 1.29 is 0 Å². The molecule has 122 valence electrons. The lowest BCUT2D eigenvalue weighted by molar-refractivity contribution is 0.259. The Balaban J connectivity index is 1.53. The highest BCUT2D eigenvalue weighted by molar-refractivity contribution is 6.29. The van der Waals surface area contributed by atoms with E-state index in [9.17, 15) is 0 Å². The van der Waals surface area contributed by atoms with E-state index in [4.69, 9.17) is 11.6 Å². The first-order valence-corrected chi connectivity index (χ1v) is 9.21. The van der Waals surface area contributed by atoms with Crippen molar-refractivity contribution in [1.29, 1.82) is 0 Å². The Labute approximate surface area is 144 Å². The second kappa shape index (κ2) is 7.92. The zero-order valence-corrected chi connectivity index (χ0v) is 14.6. The molecule has 0 amide bonds. The topological polar surface area (TPSA) is 25.8 Å². The van der Waals surface area contributed by atoms with Crippen LogP contribution in [-0.4, -0.2) is 10.2 Å². The Kier molecular flexibility index (Phi) is 5.66. The van der Waals surface area contributed by atoms with E-state index < -0.39 is 0 Å². The third kappa shape index (κ3) is 4.54.